The van der Waals surface area contributed by atoms with Crippen LogP contribution in [0, 0.1) is 20.8 Å². The smallest absolute Gasteiger partial charge is 0.264 e. The van der Waals surface area contributed by atoms with Crippen molar-refractivity contribution in [2.24, 2.45) is 0 Å². The molecule has 0 spiro atoms. The molecular weight excluding hydrogens is 414 g/mol. The van der Waals surface area contributed by atoms with Crippen molar-refractivity contribution in [3.05, 3.63) is 39.4 Å². The van der Waals surface area contributed by atoms with Crippen LogP contribution in [0.15, 0.2) is 6.07 Å². The molecule has 10 heteroatoms. The monoisotopic (exact) mass is 436 g/mol. The quantitative estimate of drug-likeness (QED) is 0.610. The molecule has 30 heavy (non-hydrogen) atoms. The highest BCUT2D eigenvalue weighted by atomic mass is 35.5. The Bertz CT molecular complexity index is 1120. The third-order valence-corrected chi connectivity index (χ3v) is 5.94. The summed E-state index contributed by atoms with van der Waals surface area (Å²) in [6.07, 6.45) is -0.721. The Balaban J connectivity index is 1.50. The molecular formula is C20H23ClF2N6O. The van der Waals surface area contributed by atoms with Crippen molar-refractivity contribution in [2.45, 2.75) is 59.0 Å². The lowest BCUT2D eigenvalue weighted by atomic mass is 10.1. The van der Waals surface area contributed by atoms with Gasteiger partial charge in [-0.15, -0.1) is 0 Å². The van der Waals surface area contributed by atoms with Gasteiger partial charge in [0, 0.05) is 23.7 Å². The number of rotatable bonds is 7. The number of hydrogen-bond donors (Lipinski definition) is 1. The molecule has 0 saturated heterocycles. The highest BCUT2D eigenvalue weighted by Gasteiger charge is 2.29. The van der Waals surface area contributed by atoms with Crippen LogP contribution in [0.2, 0.25) is 5.02 Å². The van der Waals surface area contributed by atoms with E-state index in [0.29, 0.717) is 40.5 Å². The molecule has 1 saturated carbocycles. The number of nitrogens with one attached hydrogen (secondary N) is 1. The number of pyridine rings is 1. The van der Waals surface area contributed by atoms with E-state index in [-0.39, 0.29) is 23.9 Å². The third kappa shape index (κ3) is 3.90. The standard InChI is InChI=1S/C20H23ClF2N6O/c1-10-17-14(19(22)23)8-15(13-4-5-13)25-20(17)29(26-10)9-16(30)24-6-7-28-12(3)18(21)11(2)27-28/h8,13,19H,4-7,9H2,1-3H3,(H,24,30). The van der Waals surface area contributed by atoms with Crippen molar-refractivity contribution in [1.29, 1.82) is 0 Å². The largest absolute Gasteiger partial charge is 0.353 e. The predicted molar refractivity (Wildman–Crippen MR) is 109 cm³/mol. The number of hydrogen-bond acceptors (Lipinski definition) is 4. The van der Waals surface area contributed by atoms with Gasteiger partial charge in [-0.2, -0.15) is 10.2 Å². The van der Waals surface area contributed by atoms with E-state index in [1.165, 1.54) is 10.7 Å². The van der Waals surface area contributed by atoms with Gasteiger partial charge in [0.2, 0.25) is 5.91 Å². The number of aryl methyl sites for hydroxylation is 2. The Kier molecular flexibility index (Phi) is 5.48. The zero-order chi connectivity index (χ0) is 21.6. The summed E-state index contributed by atoms with van der Waals surface area (Å²) in [6.45, 7) is 6.10. The zero-order valence-electron chi connectivity index (χ0n) is 17.0. The fourth-order valence-electron chi connectivity index (χ4n) is 3.66. The summed E-state index contributed by atoms with van der Waals surface area (Å²) in [5, 5.41) is 12.4. The van der Waals surface area contributed by atoms with Gasteiger partial charge >= 0.3 is 0 Å². The van der Waals surface area contributed by atoms with Crippen molar-refractivity contribution < 1.29 is 13.6 Å². The van der Waals surface area contributed by atoms with Gasteiger partial charge in [-0.05, 0) is 39.7 Å². The predicted octanol–water partition coefficient (Wildman–Crippen LogP) is 3.84. The van der Waals surface area contributed by atoms with Gasteiger partial charge in [0.1, 0.15) is 6.54 Å². The molecule has 3 aromatic heterocycles. The van der Waals surface area contributed by atoms with Crippen LogP contribution in [-0.2, 0) is 17.9 Å². The highest BCUT2D eigenvalue weighted by Crippen LogP contribution is 2.41. The number of carbonyl (C=O) groups excluding carboxylic acids is 1. The first-order chi connectivity index (χ1) is 14.3. The summed E-state index contributed by atoms with van der Waals surface area (Å²) in [5.41, 5.74) is 2.96. The van der Waals surface area contributed by atoms with E-state index in [2.05, 4.69) is 20.5 Å². The molecule has 0 atom stereocenters. The van der Waals surface area contributed by atoms with E-state index < -0.39 is 6.43 Å². The van der Waals surface area contributed by atoms with E-state index >= 15 is 0 Å². The summed E-state index contributed by atoms with van der Waals surface area (Å²) < 4.78 is 30.4. The van der Waals surface area contributed by atoms with Crippen LogP contribution < -0.4 is 5.32 Å². The third-order valence-electron chi connectivity index (χ3n) is 5.39. The number of amides is 1. The molecule has 1 N–H and O–H groups in total. The van der Waals surface area contributed by atoms with Crippen LogP contribution in [0.25, 0.3) is 11.0 Å². The average molecular weight is 437 g/mol. The molecule has 1 fully saturated rings. The second-order valence-corrected chi connectivity index (χ2v) is 8.09. The maximum Gasteiger partial charge on any atom is 0.264 e. The maximum atomic E-state index is 13.6. The van der Waals surface area contributed by atoms with Gasteiger partial charge in [0.05, 0.1) is 34.0 Å². The van der Waals surface area contributed by atoms with Gasteiger partial charge in [-0.3, -0.25) is 9.48 Å². The van der Waals surface area contributed by atoms with Gasteiger partial charge in [0.15, 0.2) is 5.65 Å². The van der Waals surface area contributed by atoms with Crippen molar-refractivity contribution in [2.75, 3.05) is 6.54 Å². The molecule has 3 aromatic rings. The Morgan fingerprint density at radius 1 is 1.23 bits per heavy atom. The van der Waals surface area contributed by atoms with Crippen LogP contribution in [0.3, 0.4) is 0 Å². The number of fused-ring (bicyclic) bond motifs is 1. The van der Waals surface area contributed by atoms with Crippen molar-refractivity contribution in [3.8, 4) is 0 Å². The minimum atomic E-state index is -2.62. The van der Waals surface area contributed by atoms with E-state index in [9.17, 15) is 13.6 Å². The molecule has 160 valence electrons. The molecule has 0 aliphatic heterocycles. The van der Waals surface area contributed by atoms with Crippen LogP contribution in [0.5, 0.6) is 0 Å². The first-order valence-electron chi connectivity index (χ1n) is 9.88. The van der Waals surface area contributed by atoms with Gasteiger partial charge in [-0.1, -0.05) is 11.6 Å². The average Bonchev–Trinajstić information content (AvgIpc) is 3.46. The van der Waals surface area contributed by atoms with Gasteiger partial charge in [0.25, 0.3) is 6.43 Å². The van der Waals surface area contributed by atoms with E-state index in [4.69, 9.17) is 11.6 Å². The number of alkyl halides is 2. The molecule has 7 nitrogen and oxygen atoms in total. The summed E-state index contributed by atoms with van der Waals surface area (Å²) in [7, 11) is 0. The molecule has 0 radical (unpaired) electrons. The Labute approximate surface area is 177 Å². The van der Waals surface area contributed by atoms with Gasteiger partial charge in [-0.25, -0.2) is 18.4 Å². The lowest BCUT2D eigenvalue weighted by Crippen LogP contribution is -2.31. The van der Waals surface area contributed by atoms with Crippen LogP contribution in [0.4, 0.5) is 8.78 Å². The minimum absolute atomic E-state index is 0.0625. The highest BCUT2D eigenvalue weighted by molar-refractivity contribution is 6.31. The Morgan fingerprint density at radius 3 is 2.53 bits per heavy atom. The molecule has 0 unspecified atom stereocenters. The molecule has 4 rings (SSSR count). The SMILES string of the molecule is Cc1nn(CCNC(=O)Cn2nc(C)c3c(C(F)F)cc(C4CC4)nc32)c(C)c1Cl. The molecule has 3 heterocycles. The molecule has 1 aliphatic carbocycles. The van der Waals surface area contributed by atoms with Crippen LogP contribution >= 0.6 is 11.6 Å². The summed E-state index contributed by atoms with van der Waals surface area (Å²) >= 11 is 6.14. The molecule has 1 aliphatic rings. The minimum Gasteiger partial charge on any atom is -0.353 e. The molecule has 1 amide bonds. The number of aromatic nitrogens is 5. The second-order valence-electron chi connectivity index (χ2n) is 7.71. The summed E-state index contributed by atoms with van der Waals surface area (Å²) in [5.74, 6) is -0.0544. The molecule has 0 aromatic carbocycles. The van der Waals surface area contributed by atoms with Crippen molar-refractivity contribution in [3.63, 3.8) is 0 Å². The Hall–Kier alpha value is -2.55. The fourth-order valence-corrected chi connectivity index (χ4v) is 3.80. The van der Waals surface area contributed by atoms with Crippen LogP contribution in [-0.4, -0.2) is 37.0 Å². The number of carbonyl (C=O) groups is 1. The van der Waals surface area contributed by atoms with Gasteiger partial charge < -0.3 is 5.32 Å². The van der Waals surface area contributed by atoms with Crippen molar-refractivity contribution in [1.82, 2.24) is 29.9 Å². The lowest BCUT2D eigenvalue weighted by Gasteiger charge is -2.09. The zero-order valence-corrected chi connectivity index (χ0v) is 17.8. The van der Waals surface area contributed by atoms with Crippen molar-refractivity contribution >= 4 is 28.5 Å². The maximum absolute atomic E-state index is 13.6. The number of halogens is 3. The summed E-state index contributed by atoms with van der Waals surface area (Å²) in [6, 6.07) is 1.49. The van der Waals surface area contributed by atoms with E-state index in [1.807, 2.05) is 13.8 Å². The van der Waals surface area contributed by atoms with E-state index in [0.717, 1.165) is 24.2 Å². The lowest BCUT2D eigenvalue weighted by molar-refractivity contribution is -0.121. The number of nitrogens with zero attached hydrogens (tertiary/aromatic N) is 5. The molecule has 0 bridgehead atoms. The fraction of sp³-hybridized carbons (Fsp3) is 0.500. The summed E-state index contributed by atoms with van der Waals surface area (Å²) in [4.78, 5) is 17.0. The first kappa shape index (κ1) is 20.7. The Morgan fingerprint density at radius 2 is 1.93 bits per heavy atom. The topological polar surface area (TPSA) is 77.6 Å². The second kappa shape index (κ2) is 7.94. The normalized spacial score (nSPS) is 14.1. The first-order valence-corrected chi connectivity index (χ1v) is 10.3. The van der Waals surface area contributed by atoms with Crippen LogP contribution in [0.1, 0.15) is 53.5 Å². The van der Waals surface area contributed by atoms with E-state index in [1.54, 1.807) is 11.6 Å².